The second-order valence-electron chi connectivity index (χ2n) is 6.16. The van der Waals surface area contributed by atoms with E-state index >= 15 is 0 Å². The van der Waals surface area contributed by atoms with Gasteiger partial charge in [-0.25, -0.2) is 0 Å². The van der Waals surface area contributed by atoms with Crippen molar-refractivity contribution in [1.29, 1.82) is 0 Å². The highest BCUT2D eigenvalue weighted by Gasteiger charge is 2.30. The minimum absolute atomic E-state index is 0.0144. The Bertz CT molecular complexity index is 721. The fourth-order valence-electron chi connectivity index (χ4n) is 3.49. The van der Waals surface area contributed by atoms with Crippen molar-refractivity contribution in [1.82, 2.24) is 15.5 Å². The van der Waals surface area contributed by atoms with Gasteiger partial charge in [-0.2, -0.15) is 5.10 Å². The third kappa shape index (κ3) is 2.04. The molecule has 1 aromatic carbocycles. The Morgan fingerprint density at radius 1 is 1.36 bits per heavy atom. The summed E-state index contributed by atoms with van der Waals surface area (Å²) in [5.74, 6) is 0.510. The van der Waals surface area contributed by atoms with Gasteiger partial charge in [-0.05, 0) is 24.0 Å². The molecule has 0 saturated carbocycles. The number of hydrogen-bond acceptors (Lipinski definition) is 3. The van der Waals surface area contributed by atoms with Gasteiger partial charge in [0, 0.05) is 43.0 Å². The number of para-hydroxylation sites is 1. The van der Waals surface area contributed by atoms with Gasteiger partial charge in [0.15, 0.2) is 5.69 Å². The molecule has 2 aliphatic rings. The molecule has 2 aromatic rings. The highest BCUT2D eigenvalue weighted by Crippen LogP contribution is 2.35. The number of fused-ring (bicyclic) bond motifs is 2. The summed E-state index contributed by atoms with van der Waals surface area (Å²) in [6.07, 6.45) is 1.90. The Morgan fingerprint density at radius 2 is 2.23 bits per heavy atom. The Kier molecular flexibility index (Phi) is 3.22. The van der Waals surface area contributed by atoms with Gasteiger partial charge in [-0.3, -0.25) is 9.89 Å². The third-order valence-corrected chi connectivity index (χ3v) is 4.80. The average molecular weight is 296 g/mol. The van der Waals surface area contributed by atoms with Crippen LogP contribution in [0.4, 0.5) is 5.69 Å². The molecular formula is C17H20N4O. The quantitative estimate of drug-likeness (QED) is 0.848. The van der Waals surface area contributed by atoms with Gasteiger partial charge in [0.1, 0.15) is 0 Å². The van der Waals surface area contributed by atoms with E-state index in [9.17, 15) is 4.79 Å². The second-order valence-corrected chi connectivity index (χ2v) is 6.16. The van der Waals surface area contributed by atoms with Crippen LogP contribution in [0, 0.1) is 0 Å². The molecule has 0 bridgehead atoms. The molecule has 2 N–H and O–H groups in total. The van der Waals surface area contributed by atoms with Crippen LogP contribution in [0.25, 0.3) is 0 Å². The highest BCUT2D eigenvalue weighted by molar-refractivity contribution is 6.06. The first kappa shape index (κ1) is 13.5. The summed E-state index contributed by atoms with van der Waals surface area (Å²) >= 11 is 0. The maximum Gasteiger partial charge on any atom is 0.279 e. The molecule has 1 aromatic heterocycles. The smallest absolute Gasteiger partial charge is 0.279 e. The molecule has 0 saturated heterocycles. The summed E-state index contributed by atoms with van der Waals surface area (Å²) in [4.78, 5) is 14.9. The van der Waals surface area contributed by atoms with E-state index in [1.807, 2.05) is 23.1 Å². The van der Waals surface area contributed by atoms with Crippen molar-refractivity contribution in [3.05, 3.63) is 46.8 Å². The number of carbonyl (C=O) groups is 1. The molecule has 0 radical (unpaired) electrons. The van der Waals surface area contributed by atoms with Crippen molar-refractivity contribution in [2.75, 3.05) is 18.0 Å². The van der Waals surface area contributed by atoms with Gasteiger partial charge in [-0.15, -0.1) is 0 Å². The van der Waals surface area contributed by atoms with Crippen molar-refractivity contribution in [3.63, 3.8) is 0 Å². The summed E-state index contributed by atoms with van der Waals surface area (Å²) < 4.78 is 0. The lowest BCUT2D eigenvalue weighted by molar-refractivity contribution is 0.0978. The second kappa shape index (κ2) is 5.25. The minimum Gasteiger partial charge on any atom is -0.312 e. The zero-order chi connectivity index (χ0) is 15.1. The third-order valence-electron chi connectivity index (χ3n) is 4.80. The largest absolute Gasteiger partial charge is 0.312 e. The molecule has 22 heavy (non-hydrogen) atoms. The van der Waals surface area contributed by atoms with Crippen molar-refractivity contribution in [2.24, 2.45) is 0 Å². The molecule has 5 nitrogen and oxygen atoms in total. The van der Waals surface area contributed by atoms with E-state index in [1.54, 1.807) is 0 Å². The molecule has 0 aliphatic carbocycles. The first-order valence-corrected chi connectivity index (χ1v) is 7.93. The van der Waals surface area contributed by atoms with Crippen LogP contribution in [-0.2, 0) is 13.0 Å². The molecule has 0 fully saturated rings. The summed E-state index contributed by atoms with van der Waals surface area (Å²) in [6, 6.07) is 8.21. The normalized spacial score (nSPS) is 20.4. The number of nitrogens with one attached hydrogen (secondary N) is 2. The summed E-state index contributed by atoms with van der Waals surface area (Å²) in [7, 11) is 0. The molecule has 3 heterocycles. The summed E-state index contributed by atoms with van der Waals surface area (Å²) in [6.45, 7) is 4.64. The Hall–Kier alpha value is -2.14. The fourth-order valence-corrected chi connectivity index (χ4v) is 3.49. The van der Waals surface area contributed by atoms with Crippen LogP contribution in [0.3, 0.4) is 0 Å². The number of nitrogens with zero attached hydrogens (tertiary/aromatic N) is 2. The van der Waals surface area contributed by atoms with E-state index in [1.165, 1.54) is 5.56 Å². The van der Waals surface area contributed by atoms with Crippen molar-refractivity contribution < 1.29 is 4.79 Å². The first-order chi connectivity index (χ1) is 10.8. The predicted octanol–water partition coefficient (Wildman–Crippen LogP) is 2.21. The Morgan fingerprint density at radius 3 is 3.14 bits per heavy atom. The number of amides is 1. The van der Waals surface area contributed by atoms with E-state index < -0.39 is 0 Å². The number of benzene rings is 1. The molecule has 2 aliphatic heterocycles. The number of rotatable bonds is 1. The van der Waals surface area contributed by atoms with Gasteiger partial charge < -0.3 is 10.2 Å². The maximum absolute atomic E-state index is 13.0. The van der Waals surface area contributed by atoms with Crippen LogP contribution >= 0.6 is 0 Å². The monoisotopic (exact) mass is 296 g/mol. The zero-order valence-corrected chi connectivity index (χ0v) is 12.7. The summed E-state index contributed by atoms with van der Waals surface area (Å²) in [5.41, 5.74) is 5.00. The molecular weight excluding hydrogens is 276 g/mol. The van der Waals surface area contributed by atoms with Crippen molar-refractivity contribution >= 4 is 11.6 Å². The average Bonchev–Trinajstić information content (AvgIpc) is 2.99. The number of hydrogen-bond donors (Lipinski definition) is 2. The standard InChI is InChI=1S/C17H20N4O/c1-11-7-9-21(15-5-3-2-4-12(11)15)17(22)16-13-10-18-8-6-14(13)19-20-16/h2-5,11,18H,6-10H2,1H3,(H,19,20). The van der Waals surface area contributed by atoms with Gasteiger partial charge in [-0.1, -0.05) is 25.1 Å². The molecule has 1 amide bonds. The molecule has 1 unspecified atom stereocenters. The lowest BCUT2D eigenvalue weighted by Crippen LogP contribution is -2.37. The summed E-state index contributed by atoms with van der Waals surface area (Å²) in [5, 5.41) is 10.7. The number of aromatic amines is 1. The number of H-pyrrole nitrogens is 1. The lowest BCUT2D eigenvalue weighted by atomic mass is 9.91. The fraction of sp³-hybridized carbons (Fsp3) is 0.412. The van der Waals surface area contributed by atoms with Gasteiger partial charge in [0.05, 0.1) is 0 Å². The van der Waals surface area contributed by atoms with Crippen molar-refractivity contribution in [3.8, 4) is 0 Å². The first-order valence-electron chi connectivity index (χ1n) is 7.93. The SMILES string of the molecule is CC1CCN(C(=O)c2n[nH]c3c2CNCC3)c2ccccc21. The molecule has 4 rings (SSSR count). The van der Waals surface area contributed by atoms with E-state index in [4.69, 9.17) is 0 Å². The van der Waals surface area contributed by atoms with Gasteiger partial charge in [0.2, 0.25) is 0 Å². The molecule has 0 spiro atoms. The van der Waals surface area contributed by atoms with E-state index in [0.29, 0.717) is 11.6 Å². The van der Waals surface area contributed by atoms with Gasteiger partial charge in [0.25, 0.3) is 5.91 Å². The van der Waals surface area contributed by atoms with Crippen LogP contribution < -0.4 is 10.2 Å². The van der Waals surface area contributed by atoms with Crippen LogP contribution in [0.5, 0.6) is 0 Å². The zero-order valence-electron chi connectivity index (χ0n) is 12.7. The lowest BCUT2D eigenvalue weighted by Gasteiger charge is -2.32. The van der Waals surface area contributed by atoms with E-state index in [-0.39, 0.29) is 5.91 Å². The Balaban J connectivity index is 1.72. The highest BCUT2D eigenvalue weighted by atomic mass is 16.2. The van der Waals surface area contributed by atoms with E-state index in [0.717, 1.165) is 49.4 Å². The number of carbonyl (C=O) groups excluding carboxylic acids is 1. The topological polar surface area (TPSA) is 61.0 Å². The molecule has 114 valence electrons. The van der Waals surface area contributed by atoms with Gasteiger partial charge >= 0.3 is 0 Å². The van der Waals surface area contributed by atoms with Crippen LogP contribution in [0.2, 0.25) is 0 Å². The van der Waals surface area contributed by atoms with Crippen LogP contribution in [0.1, 0.15) is 46.6 Å². The van der Waals surface area contributed by atoms with E-state index in [2.05, 4.69) is 28.5 Å². The minimum atomic E-state index is 0.0144. The predicted molar refractivity (Wildman–Crippen MR) is 85.1 cm³/mol. The van der Waals surface area contributed by atoms with Crippen LogP contribution in [-0.4, -0.2) is 29.2 Å². The maximum atomic E-state index is 13.0. The van der Waals surface area contributed by atoms with Crippen LogP contribution in [0.15, 0.2) is 24.3 Å². The Labute approximate surface area is 129 Å². The molecule has 5 heteroatoms. The number of anilines is 1. The number of aromatic nitrogens is 2. The van der Waals surface area contributed by atoms with Crippen molar-refractivity contribution in [2.45, 2.75) is 32.2 Å². The molecule has 1 atom stereocenters.